The first-order valence-corrected chi connectivity index (χ1v) is 11.1. The number of fused-ring (bicyclic) bond motifs is 1. The molecule has 1 fully saturated rings. The number of hydroxylamine groups is 1. The minimum absolute atomic E-state index is 0.385. The van der Waals surface area contributed by atoms with Crippen molar-refractivity contribution in [3.63, 3.8) is 0 Å². The van der Waals surface area contributed by atoms with Gasteiger partial charge in [-0.05, 0) is 43.7 Å². The van der Waals surface area contributed by atoms with E-state index in [-0.39, 0.29) is 0 Å². The molecule has 0 saturated carbocycles. The summed E-state index contributed by atoms with van der Waals surface area (Å²) in [6.45, 7) is 6.54. The lowest BCUT2D eigenvalue weighted by molar-refractivity contribution is -0.146. The monoisotopic (exact) mass is 450 g/mol. The predicted molar refractivity (Wildman–Crippen MR) is 125 cm³/mol. The van der Waals surface area contributed by atoms with Crippen LogP contribution < -0.4 is 15.5 Å². The van der Waals surface area contributed by atoms with Gasteiger partial charge in [0.1, 0.15) is 24.0 Å². The van der Waals surface area contributed by atoms with Crippen molar-refractivity contribution in [1.29, 1.82) is 0 Å². The molecule has 0 aliphatic carbocycles. The lowest BCUT2D eigenvalue weighted by Crippen LogP contribution is -2.61. The Bertz CT molecular complexity index is 1110. The van der Waals surface area contributed by atoms with Crippen LogP contribution in [-0.2, 0) is 17.0 Å². The van der Waals surface area contributed by atoms with Gasteiger partial charge in [-0.25, -0.2) is 5.48 Å². The molecule has 2 unspecified atom stereocenters. The first-order valence-electron chi connectivity index (χ1n) is 11.1. The number of amides is 1. The fourth-order valence-electron chi connectivity index (χ4n) is 4.50. The number of nitrogens with one attached hydrogen (secondary N) is 2. The molecule has 1 aliphatic heterocycles. The van der Waals surface area contributed by atoms with Crippen molar-refractivity contribution in [3.05, 3.63) is 71.4 Å². The number of carbonyl (C=O) groups excluding carboxylic acids is 1. The number of rotatable bonds is 7. The van der Waals surface area contributed by atoms with E-state index in [0.717, 1.165) is 22.2 Å². The Balaban J connectivity index is 1.52. The summed E-state index contributed by atoms with van der Waals surface area (Å²) in [5, 5.41) is 24.9. The highest BCUT2D eigenvalue weighted by Crippen LogP contribution is 2.30. The van der Waals surface area contributed by atoms with Crippen molar-refractivity contribution in [2.45, 2.75) is 32.1 Å². The van der Waals surface area contributed by atoms with Crippen molar-refractivity contribution in [2.75, 3.05) is 26.2 Å². The summed E-state index contributed by atoms with van der Waals surface area (Å²) >= 11 is 0. The fourth-order valence-corrected chi connectivity index (χ4v) is 4.50. The van der Waals surface area contributed by atoms with Gasteiger partial charge in [-0.1, -0.05) is 30.3 Å². The fraction of sp³-hybridized carbons (Fsp3) is 0.360. The molecule has 4 N–H and O–H groups in total. The Morgan fingerprint density at radius 2 is 1.91 bits per heavy atom. The normalized spacial score (nSPS) is 17.3. The van der Waals surface area contributed by atoms with Gasteiger partial charge in [0.15, 0.2) is 0 Å². The number of ether oxygens (including phenoxy) is 1. The van der Waals surface area contributed by atoms with Crippen LogP contribution >= 0.6 is 0 Å². The number of hydrogen-bond donors (Lipinski definition) is 4. The Morgan fingerprint density at radius 1 is 1.21 bits per heavy atom. The molecule has 2 aromatic carbocycles. The first kappa shape index (κ1) is 23.1. The number of benzene rings is 2. The molecule has 33 heavy (non-hydrogen) atoms. The van der Waals surface area contributed by atoms with Gasteiger partial charge >= 0.3 is 0 Å². The minimum atomic E-state index is -1.51. The van der Waals surface area contributed by atoms with Gasteiger partial charge in [-0.15, -0.1) is 0 Å². The zero-order valence-corrected chi connectivity index (χ0v) is 18.9. The molecule has 1 aliphatic rings. The van der Waals surface area contributed by atoms with E-state index in [9.17, 15) is 15.1 Å². The molecule has 1 amide bonds. The van der Waals surface area contributed by atoms with E-state index in [1.165, 1.54) is 0 Å². The maximum atomic E-state index is 12.5. The number of aromatic nitrogens is 1. The average molecular weight is 451 g/mol. The highest BCUT2D eigenvalue weighted by molar-refractivity contribution is 5.83. The Morgan fingerprint density at radius 3 is 2.61 bits per heavy atom. The largest absolute Gasteiger partial charge is 0.489 e. The van der Waals surface area contributed by atoms with Crippen LogP contribution in [0.25, 0.3) is 10.9 Å². The van der Waals surface area contributed by atoms with Crippen LogP contribution in [-0.4, -0.2) is 58.3 Å². The first-order chi connectivity index (χ1) is 15.9. The zero-order valence-electron chi connectivity index (χ0n) is 18.9. The molecule has 2 atom stereocenters. The summed E-state index contributed by atoms with van der Waals surface area (Å²) in [5.41, 5.74) is 3.68. The molecular formula is C25H30N4O4. The van der Waals surface area contributed by atoms with Crippen LogP contribution in [0.4, 0.5) is 0 Å². The van der Waals surface area contributed by atoms with Crippen LogP contribution in [0.15, 0.2) is 54.6 Å². The van der Waals surface area contributed by atoms with E-state index >= 15 is 0 Å². The van der Waals surface area contributed by atoms with E-state index in [0.29, 0.717) is 44.1 Å². The van der Waals surface area contributed by atoms with Crippen molar-refractivity contribution in [2.24, 2.45) is 0 Å². The Kier molecular flexibility index (Phi) is 6.90. The molecular weight excluding hydrogens is 420 g/mol. The van der Waals surface area contributed by atoms with E-state index in [4.69, 9.17) is 4.74 Å². The van der Waals surface area contributed by atoms with Gasteiger partial charge in [0.25, 0.3) is 5.91 Å². The van der Waals surface area contributed by atoms with Crippen molar-refractivity contribution in [3.8, 4) is 5.75 Å². The Hall–Kier alpha value is -3.04. The van der Waals surface area contributed by atoms with Gasteiger partial charge in [-0.3, -0.25) is 19.9 Å². The highest BCUT2D eigenvalue weighted by atomic mass is 16.5. The summed E-state index contributed by atoms with van der Waals surface area (Å²) < 4.78 is 6.02. The molecule has 2 heterocycles. The number of hydrogen-bond acceptors (Lipinski definition) is 7. The molecule has 8 heteroatoms. The minimum Gasteiger partial charge on any atom is -0.489 e. The maximum absolute atomic E-state index is 12.5. The molecule has 8 nitrogen and oxygen atoms in total. The van der Waals surface area contributed by atoms with Gasteiger partial charge in [0.05, 0.1) is 5.52 Å². The molecule has 4 rings (SSSR count). The second-order valence-corrected chi connectivity index (χ2v) is 8.57. The van der Waals surface area contributed by atoms with Crippen molar-refractivity contribution >= 4 is 16.8 Å². The third-order valence-electron chi connectivity index (χ3n) is 6.17. The standard InChI is InChI=1S/C25H30N4O4/c1-17-15-18(21-5-3-4-6-22(21)27-17)16-33-20-9-7-19(8-10-20)25(2,31)23(24(30)28-32)29-13-11-26-12-14-29/h3-10,15,23,26,31-32H,11-14,16H2,1-2H3,(H,28,30). The van der Waals surface area contributed by atoms with E-state index in [1.807, 2.05) is 42.2 Å². The predicted octanol–water partition coefficient (Wildman–Crippen LogP) is 2.11. The number of pyridine rings is 1. The van der Waals surface area contributed by atoms with Crippen molar-refractivity contribution in [1.82, 2.24) is 20.7 Å². The van der Waals surface area contributed by atoms with E-state index in [1.54, 1.807) is 36.7 Å². The maximum Gasteiger partial charge on any atom is 0.264 e. The number of nitrogens with zero attached hydrogens (tertiary/aromatic N) is 2. The molecule has 0 spiro atoms. The van der Waals surface area contributed by atoms with Crippen molar-refractivity contribution < 1.29 is 19.8 Å². The molecule has 1 saturated heterocycles. The molecule has 1 aromatic heterocycles. The molecule has 0 bridgehead atoms. The van der Waals surface area contributed by atoms with Gasteiger partial charge < -0.3 is 15.2 Å². The number of aliphatic hydroxyl groups is 1. The number of carbonyl (C=O) groups is 1. The molecule has 0 radical (unpaired) electrons. The summed E-state index contributed by atoms with van der Waals surface area (Å²) in [6.07, 6.45) is 0. The zero-order chi connectivity index (χ0) is 23.4. The van der Waals surface area contributed by atoms with Crippen LogP contribution in [0.5, 0.6) is 5.75 Å². The Labute approximate surface area is 193 Å². The summed E-state index contributed by atoms with van der Waals surface area (Å²) in [4.78, 5) is 18.9. The van der Waals surface area contributed by atoms with Gasteiger partial charge in [0, 0.05) is 42.8 Å². The molecule has 3 aromatic rings. The quantitative estimate of drug-likeness (QED) is 0.323. The SMILES string of the molecule is Cc1cc(COc2ccc(C(C)(O)C(C(=O)NO)N3CCNCC3)cc2)c2ccccc2n1. The third kappa shape index (κ3) is 4.99. The number of aryl methyl sites for hydroxylation is 1. The van der Waals surface area contributed by atoms with Crippen LogP contribution in [0.2, 0.25) is 0 Å². The van der Waals surface area contributed by atoms with Crippen LogP contribution in [0.3, 0.4) is 0 Å². The van der Waals surface area contributed by atoms with Gasteiger partial charge in [0.2, 0.25) is 0 Å². The second kappa shape index (κ2) is 9.84. The van der Waals surface area contributed by atoms with Gasteiger partial charge in [-0.2, -0.15) is 0 Å². The third-order valence-corrected chi connectivity index (χ3v) is 6.17. The number of piperazine rings is 1. The second-order valence-electron chi connectivity index (χ2n) is 8.57. The average Bonchev–Trinajstić information content (AvgIpc) is 2.83. The molecule has 174 valence electrons. The van der Waals surface area contributed by atoms with Crippen LogP contribution in [0.1, 0.15) is 23.7 Å². The van der Waals surface area contributed by atoms with Crippen LogP contribution in [0, 0.1) is 6.92 Å². The van der Waals surface area contributed by atoms with E-state index < -0.39 is 17.6 Å². The smallest absolute Gasteiger partial charge is 0.264 e. The number of para-hydroxylation sites is 1. The summed E-state index contributed by atoms with van der Waals surface area (Å²) in [7, 11) is 0. The lowest BCUT2D eigenvalue weighted by atomic mass is 9.86. The topological polar surface area (TPSA) is 107 Å². The van der Waals surface area contributed by atoms with E-state index in [2.05, 4.69) is 10.3 Å². The highest BCUT2D eigenvalue weighted by Gasteiger charge is 2.43. The summed E-state index contributed by atoms with van der Waals surface area (Å²) in [5.74, 6) is 0.0144. The lowest BCUT2D eigenvalue weighted by Gasteiger charge is -2.41. The summed E-state index contributed by atoms with van der Waals surface area (Å²) in [6, 6.07) is 16.1.